The van der Waals surface area contributed by atoms with E-state index in [9.17, 15) is 0 Å². The molecule has 0 saturated carbocycles. The van der Waals surface area contributed by atoms with Crippen molar-refractivity contribution >= 4 is 35.6 Å². The van der Waals surface area contributed by atoms with E-state index < -0.39 is 0 Å². The van der Waals surface area contributed by atoms with E-state index in [0.717, 1.165) is 38.6 Å². The number of likely N-dealkylation sites (N-methyl/N-ethyl adjacent to an activating group) is 1. The average molecular weight is 457 g/mol. The van der Waals surface area contributed by atoms with Crippen LogP contribution in [0, 0.1) is 0 Å². The number of halogens is 1. The fourth-order valence-corrected chi connectivity index (χ4v) is 3.67. The van der Waals surface area contributed by atoms with Crippen LogP contribution in [0.2, 0.25) is 0 Å². The van der Waals surface area contributed by atoms with Crippen molar-refractivity contribution in [2.45, 2.75) is 38.3 Å². The van der Waals surface area contributed by atoms with Gasteiger partial charge < -0.3 is 20.4 Å². The highest BCUT2D eigenvalue weighted by molar-refractivity contribution is 14.0. The van der Waals surface area contributed by atoms with Gasteiger partial charge in [0.05, 0.1) is 6.54 Å². The number of guanidine groups is 1. The van der Waals surface area contributed by atoms with Gasteiger partial charge in [0.25, 0.3) is 0 Å². The average Bonchev–Trinajstić information content (AvgIpc) is 3.23. The van der Waals surface area contributed by atoms with Crippen LogP contribution in [0.4, 0.5) is 5.69 Å². The van der Waals surface area contributed by atoms with Crippen LogP contribution >= 0.6 is 24.0 Å². The lowest BCUT2D eigenvalue weighted by molar-refractivity contribution is 0.317. The van der Waals surface area contributed by atoms with Crippen LogP contribution in [0.1, 0.15) is 26.2 Å². The predicted octanol–water partition coefficient (Wildman–Crippen LogP) is 2.53. The zero-order chi connectivity index (χ0) is 16.8. The first-order chi connectivity index (χ1) is 11.8. The molecule has 2 N–H and O–H groups in total. The van der Waals surface area contributed by atoms with Gasteiger partial charge in [-0.2, -0.15) is 0 Å². The monoisotopic (exact) mass is 457 g/mol. The first kappa shape index (κ1) is 20.3. The minimum absolute atomic E-state index is 0. The number of aliphatic imine (C=N–C) groups is 1. The molecule has 2 saturated heterocycles. The van der Waals surface area contributed by atoms with Crippen molar-refractivity contribution in [2.75, 3.05) is 44.7 Å². The normalized spacial score (nSPS) is 24.2. The number of hydrogen-bond acceptors (Lipinski definition) is 3. The van der Waals surface area contributed by atoms with E-state index in [0.29, 0.717) is 12.1 Å². The second-order valence-corrected chi connectivity index (χ2v) is 6.91. The molecule has 2 aliphatic rings. The fraction of sp³-hybridized carbons (Fsp3) is 0.632. The minimum atomic E-state index is 0. The highest BCUT2D eigenvalue weighted by atomic mass is 127. The number of benzene rings is 1. The Bertz CT molecular complexity index is 536. The molecule has 2 unspecified atom stereocenters. The molecule has 2 atom stereocenters. The van der Waals surface area contributed by atoms with Crippen molar-refractivity contribution < 1.29 is 0 Å². The summed E-state index contributed by atoms with van der Waals surface area (Å²) in [6, 6.07) is 11.7. The largest absolute Gasteiger partial charge is 0.369 e. The van der Waals surface area contributed by atoms with Crippen molar-refractivity contribution in [3.8, 4) is 0 Å². The standard InChI is InChI=1S/C19H31N5.HI/c1-3-20-19(21-14-18-10-7-12-23(18)2)22-16-11-13-24(15-16)17-8-5-4-6-9-17;/h4-6,8-9,16,18H,3,7,10-15H2,1-2H3,(H2,20,21,22);1H. The lowest BCUT2D eigenvalue weighted by Crippen LogP contribution is -2.45. The molecule has 0 aliphatic carbocycles. The maximum absolute atomic E-state index is 4.84. The first-order valence-electron chi connectivity index (χ1n) is 9.31. The summed E-state index contributed by atoms with van der Waals surface area (Å²) in [4.78, 5) is 9.72. The number of hydrogen-bond donors (Lipinski definition) is 2. The van der Waals surface area contributed by atoms with Crippen molar-refractivity contribution in [1.29, 1.82) is 0 Å². The molecule has 1 aromatic rings. The molecule has 6 heteroatoms. The third-order valence-electron chi connectivity index (χ3n) is 5.13. The fourth-order valence-electron chi connectivity index (χ4n) is 3.67. The van der Waals surface area contributed by atoms with Crippen LogP contribution in [0.25, 0.3) is 0 Å². The van der Waals surface area contributed by atoms with Gasteiger partial charge in [0.2, 0.25) is 0 Å². The van der Waals surface area contributed by atoms with Crippen LogP contribution in [0.3, 0.4) is 0 Å². The number of nitrogens with one attached hydrogen (secondary N) is 2. The second kappa shape index (κ2) is 10.2. The summed E-state index contributed by atoms with van der Waals surface area (Å²) in [7, 11) is 2.21. The molecule has 2 fully saturated rings. The second-order valence-electron chi connectivity index (χ2n) is 6.91. The molecule has 0 amide bonds. The van der Waals surface area contributed by atoms with E-state index in [1.165, 1.54) is 25.1 Å². The quantitative estimate of drug-likeness (QED) is 0.405. The lowest BCUT2D eigenvalue weighted by Gasteiger charge is -2.21. The minimum Gasteiger partial charge on any atom is -0.369 e. The summed E-state index contributed by atoms with van der Waals surface area (Å²) in [5, 5.41) is 7.04. The Balaban J connectivity index is 0.00000225. The third-order valence-corrected chi connectivity index (χ3v) is 5.13. The number of anilines is 1. The number of nitrogens with zero attached hydrogens (tertiary/aromatic N) is 3. The Morgan fingerprint density at radius 3 is 2.68 bits per heavy atom. The maximum atomic E-state index is 4.84. The zero-order valence-corrected chi connectivity index (χ0v) is 17.8. The Hall–Kier alpha value is -1.02. The summed E-state index contributed by atoms with van der Waals surface area (Å²) < 4.78 is 0. The molecule has 0 aromatic heterocycles. The predicted molar refractivity (Wildman–Crippen MR) is 117 cm³/mol. The van der Waals surface area contributed by atoms with Gasteiger partial charge in [-0.15, -0.1) is 24.0 Å². The van der Waals surface area contributed by atoms with Crippen LogP contribution in [-0.4, -0.2) is 62.7 Å². The van der Waals surface area contributed by atoms with Gasteiger partial charge >= 0.3 is 0 Å². The molecule has 0 spiro atoms. The molecule has 0 radical (unpaired) electrons. The van der Waals surface area contributed by atoms with Gasteiger partial charge in [0.1, 0.15) is 0 Å². The van der Waals surface area contributed by atoms with Gasteiger partial charge in [-0.3, -0.25) is 4.99 Å². The maximum Gasteiger partial charge on any atom is 0.191 e. The third kappa shape index (κ3) is 5.74. The Morgan fingerprint density at radius 1 is 1.20 bits per heavy atom. The molecule has 2 aliphatic heterocycles. The molecular formula is C19H32IN5. The lowest BCUT2D eigenvalue weighted by atomic mass is 10.2. The molecule has 5 nitrogen and oxygen atoms in total. The summed E-state index contributed by atoms with van der Waals surface area (Å²) in [6.45, 7) is 7.27. The van der Waals surface area contributed by atoms with Crippen LogP contribution in [0.5, 0.6) is 0 Å². The van der Waals surface area contributed by atoms with E-state index in [2.05, 4.69) is 64.7 Å². The van der Waals surface area contributed by atoms with Crippen molar-refractivity contribution in [2.24, 2.45) is 4.99 Å². The van der Waals surface area contributed by atoms with Gasteiger partial charge in [-0.1, -0.05) is 18.2 Å². The first-order valence-corrected chi connectivity index (χ1v) is 9.31. The molecule has 25 heavy (non-hydrogen) atoms. The smallest absolute Gasteiger partial charge is 0.191 e. The van der Waals surface area contributed by atoms with Gasteiger partial charge in [-0.05, 0) is 51.9 Å². The van der Waals surface area contributed by atoms with Crippen molar-refractivity contribution in [3.05, 3.63) is 30.3 Å². The van der Waals surface area contributed by atoms with Gasteiger partial charge in [0, 0.05) is 37.4 Å². The van der Waals surface area contributed by atoms with E-state index in [1.807, 2.05) is 0 Å². The number of likely N-dealkylation sites (tertiary alicyclic amines) is 1. The van der Waals surface area contributed by atoms with Crippen LogP contribution in [0.15, 0.2) is 35.3 Å². The number of para-hydroxylation sites is 1. The summed E-state index contributed by atoms with van der Waals surface area (Å²) >= 11 is 0. The summed E-state index contributed by atoms with van der Waals surface area (Å²) in [6.07, 6.45) is 3.72. The van der Waals surface area contributed by atoms with E-state index in [1.54, 1.807) is 0 Å². The zero-order valence-electron chi connectivity index (χ0n) is 15.4. The molecule has 2 heterocycles. The van der Waals surface area contributed by atoms with Crippen LogP contribution < -0.4 is 15.5 Å². The van der Waals surface area contributed by atoms with Crippen LogP contribution in [-0.2, 0) is 0 Å². The topological polar surface area (TPSA) is 42.9 Å². The molecule has 3 rings (SSSR count). The SMILES string of the molecule is CCNC(=NCC1CCCN1C)NC1CCN(c2ccccc2)C1.I. The van der Waals surface area contributed by atoms with Gasteiger partial charge in [-0.25, -0.2) is 0 Å². The molecule has 0 bridgehead atoms. The number of rotatable bonds is 5. The Morgan fingerprint density at radius 2 is 2.00 bits per heavy atom. The van der Waals surface area contributed by atoms with E-state index in [4.69, 9.17) is 4.99 Å². The molecule has 140 valence electrons. The molecule has 1 aromatic carbocycles. The summed E-state index contributed by atoms with van der Waals surface area (Å²) in [5.41, 5.74) is 1.32. The highest BCUT2D eigenvalue weighted by Crippen LogP contribution is 2.19. The Labute approximate surface area is 169 Å². The van der Waals surface area contributed by atoms with Gasteiger partial charge in [0.15, 0.2) is 5.96 Å². The van der Waals surface area contributed by atoms with Crippen molar-refractivity contribution in [3.63, 3.8) is 0 Å². The highest BCUT2D eigenvalue weighted by Gasteiger charge is 2.24. The van der Waals surface area contributed by atoms with Crippen molar-refractivity contribution in [1.82, 2.24) is 15.5 Å². The molecular weight excluding hydrogens is 425 g/mol. The summed E-state index contributed by atoms with van der Waals surface area (Å²) in [5.74, 6) is 0.970. The van der Waals surface area contributed by atoms with E-state index >= 15 is 0 Å². The van der Waals surface area contributed by atoms with E-state index in [-0.39, 0.29) is 24.0 Å². The Kier molecular flexibility index (Phi) is 8.29.